The molecule has 0 N–H and O–H groups in total. The van der Waals surface area contributed by atoms with E-state index in [-0.39, 0.29) is 24.4 Å². The topological polar surface area (TPSA) is 100 Å². The number of esters is 2. The molecule has 26 heavy (non-hydrogen) atoms. The summed E-state index contributed by atoms with van der Waals surface area (Å²) >= 11 is 0. The third kappa shape index (κ3) is 7.46. The van der Waals surface area contributed by atoms with Crippen LogP contribution in [0.15, 0.2) is 53.6 Å². The third-order valence-corrected chi connectivity index (χ3v) is 3.30. The summed E-state index contributed by atoms with van der Waals surface area (Å²) in [5.74, 6) is -1.59. The van der Waals surface area contributed by atoms with E-state index in [4.69, 9.17) is 20.0 Å². The predicted octanol–water partition coefficient (Wildman–Crippen LogP) is 3.02. The molecule has 0 aromatic heterocycles. The Kier molecular flexibility index (Phi) is 9.58. The Balaban J connectivity index is 2.63. The first-order chi connectivity index (χ1) is 12.6. The number of hydrogen-bond acceptors (Lipinski definition) is 6. The highest BCUT2D eigenvalue weighted by atomic mass is 16.5. The van der Waals surface area contributed by atoms with Crippen molar-refractivity contribution in [1.82, 2.24) is 0 Å². The van der Waals surface area contributed by atoms with Gasteiger partial charge in [0.05, 0.1) is 13.2 Å². The van der Waals surface area contributed by atoms with Crippen molar-refractivity contribution in [2.45, 2.75) is 26.2 Å². The van der Waals surface area contributed by atoms with Crippen molar-refractivity contribution in [3.05, 3.63) is 59.2 Å². The molecular weight excluding hydrogens is 332 g/mol. The van der Waals surface area contributed by atoms with Crippen LogP contribution >= 0.6 is 0 Å². The molecule has 6 heteroatoms. The molecule has 0 aliphatic carbocycles. The van der Waals surface area contributed by atoms with E-state index in [2.05, 4.69) is 0 Å². The van der Waals surface area contributed by atoms with Crippen molar-refractivity contribution in [2.24, 2.45) is 0 Å². The predicted molar refractivity (Wildman–Crippen MR) is 94.4 cm³/mol. The lowest BCUT2D eigenvalue weighted by molar-refractivity contribution is -0.139. The average Bonchev–Trinajstić information content (AvgIpc) is 2.66. The second-order valence-electron chi connectivity index (χ2n) is 5.25. The summed E-state index contributed by atoms with van der Waals surface area (Å²) in [5, 5.41) is 18.1. The summed E-state index contributed by atoms with van der Waals surface area (Å²) in [6.45, 7) is 2.28. The van der Waals surface area contributed by atoms with Crippen LogP contribution in [0, 0.1) is 22.7 Å². The molecule has 0 atom stereocenters. The quantitative estimate of drug-likeness (QED) is 0.223. The first-order valence-electron chi connectivity index (χ1n) is 8.22. The van der Waals surface area contributed by atoms with Gasteiger partial charge in [0.1, 0.15) is 23.3 Å². The van der Waals surface area contributed by atoms with Crippen LogP contribution in [-0.2, 0) is 25.5 Å². The van der Waals surface area contributed by atoms with E-state index in [1.807, 2.05) is 37.3 Å². The van der Waals surface area contributed by atoms with Gasteiger partial charge in [-0.05, 0) is 24.1 Å². The number of nitrogens with zero attached hydrogens (tertiary/aromatic N) is 2. The molecule has 134 valence electrons. The number of allylic oxidation sites excluding steroid dienone is 2. The number of hydrogen-bond donors (Lipinski definition) is 0. The number of carbonyl (C=O) groups is 2. The van der Waals surface area contributed by atoms with Gasteiger partial charge in [-0.2, -0.15) is 10.5 Å². The van der Waals surface area contributed by atoms with Gasteiger partial charge in [-0.15, -0.1) is 0 Å². The Morgan fingerprint density at radius 3 is 2.00 bits per heavy atom. The molecule has 1 rings (SSSR count). The average molecular weight is 352 g/mol. The Hall–Kier alpha value is -3.38. The van der Waals surface area contributed by atoms with Crippen molar-refractivity contribution in [3.8, 4) is 12.1 Å². The molecular formula is C20H20N2O4. The van der Waals surface area contributed by atoms with Crippen LogP contribution < -0.4 is 0 Å². The fourth-order valence-corrected chi connectivity index (χ4v) is 1.84. The zero-order chi connectivity index (χ0) is 19.2. The van der Waals surface area contributed by atoms with E-state index in [0.29, 0.717) is 12.8 Å². The maximum absolute atomic E-state index is 11.9. The molecule has 0 radical (unpaired) electrons. The van der Waals surface area contributed by atoms with Gasteiger partial charge in [0.25, 0.3) is 0 Å². The molecule has 0 bridgehead atoms. The molecule has 0 saturated heterocycles. The molecule has 1 aromatic carbocycles. The maximum Gasteiger partial charge on any atom is 0.348 e. The summed E-state index contributed by atoms with van der Waals surface area (Å²) in [7, 11) is 0. The van der Waals surface area contributed by atoms with E-state index in [9.17, 15) is 9.59 Å². The largest absolute Gasteiger partial charge is 0.462 e. The molecule has 0 saturated carbocycles. The lowest BCUT2D eigenvalue weighted by Crippen LogP contribution is -2.10. The van der Waals surface area contributed by atoms with Gasteiger partial charge in [-0.25, -0.2) is 9.59 Å². The third-order valence-electron chi connectivity index (χ3n) is 3.30. The van der Waals surface area contributed by atoms with Gasteiger partial charge in [0.2, 0.25) is 0 Å². The van der Waals surface area contributed by atoms with E-state index in [1.165, 1.54) is 0 Å². The molecule has 0 fully saturated rings. The first kappa shape index (κ1) is 20.7. The van der Waals surface area contributed by atoms with Crippen LogP contribution in [0.5, 0.6) is 0 Å². The van der Waals surface area contributed by atoms with Crippen LogP contribution in [0.1, 0.15) is 25.3 Å². The molecule has 1 aromatic rings. The number of carbonyl (C=O) groups excluding carboxylic acids is 2. The first-order valence-corrected chi connectivity index (χ1v) is 8.22. The number of ether oxygens (including phenoxy) is 2. The van der Waals surface area contributed by atoms with Crippen molar-refractivity contribution in [1.29, 1.82) is 10.5 Å². The Morgan fingerprint density at radius 2 is 1.50 bits per heavy atom. The minimum Gasteiger partial charge on any atom is -0.462 e. The van der Waals surface area contributed by atoms with Crippen LogP contribution in [0.3, 0.4) is 0 Å². The summed E-state index contributed by atoms with van der Waals surface area (Å²) < 4.78 is 9.96. The van der Waals surface area contributed by atoms with E-state index in [0.717, 1.165) is 24.1 Å². The highest BCUT2D eigenvalue weighted by molar-refractivity contribution is 5.95. The van der Waals surface area contributed by atoms with Crippen molar-refractivity contribution >= 4 is 11.9 Å². The second kappa shape index (κ2) is 12.0. The SMILES string of the molecule is CCCCOC(=O)/C(C#N)=C/C=C(\C#N)C(=O)OCCc1ccccc1. The van der Waals surface area contributed by atoms with Gasteiger partial charge in [0, 0.05) is 6.42 Å². The second-order valence-corrected chi connectivity index (χ2v) is 5.25. The van der Waals surface area contributed by atoms with Gasteiger partial charge in [0.15, 0.2) is 0 Å². The fourth-order valence-electron chi connectivity index (χ4n) is 1.84. The van der Waals surface area contributed by atoms with Crippen LogP contribution in [0.4, 0.5) is 0 Å². The zero-order valence-corrected chi connectivity index (χ0v) is 14.6. The Labute approximate surface area is 152 Å². The van der Waals surface area contributed by atoms with E-state index < -0.39 is 11.9 Å². The summed E-state index contributed by atoms with van der Waals surface area (Å²) in [6.07, 6.45) is 4.24. The summed E-state index contributed by atoms with van der Waals surface area (Å²) in [4.78, 5) is 23.6. The highest BCUT2D eigenvalue weighted by Crippen LogP contribution is 2.05. The van der Waals surface area contributed by atoms with Crippen LogP contribution in [0.2, 0.25) is 0 Å². The van der Waals surface area contributed by atoms with Crippen molar-refractivity contribution in [2.75, 3.05) is 13.2 Å². The smallest absolute Gasteiger partial charge is 0.348 e. The molecule has 0 unspecified atom stereocenters. The number of nitriles is 2. The Morgan fingerprint density at radius 1 is 0.962 bits per heavy atom. The Bertz CT molecular complexity index is 752. The molecule has 0 spiro atoms. The van der Waals surface area contributed by atoms with Crippen LogP contribution in [-0.4, -0.2) is 25.2 Å². The number of benzene rings is 1. The standard InChI is InChI=1S/C20H20N2O4/c1-2-3-12-25-19(23)17(14-21)9-10-18(15-22)20(24)26-13-11-16-7-5-4-6-8-16/h4-10H,2-3,11-13H2,1H3/b17-9+,18-10+. The summed E-state index contributed by atoms with van der Waals surface area (Å²) in [5.41, 5.74) is 0.419. The van der Waals surface area contributed by atoms with Crippen molar-refractivity contribution in [3.63, 3.8) is 0 Å². The number of unbranched alkanes of at least 4 members (excludes halogenated alkanes) is 1. The molecule has 0 aliphatic heterocycles. The number of rotatable bonds is 9. The van der Waals surface area contributed by atoms with Crippen molar-refractivity contribution < 1.29 is 19.1 Å². The van der Waals surface area contributed by atoms with Crippen LogP contribution in [0.25, 0.3) is 0 Å². The lowest BCUT2D eigenvalue weighted by atomic mass is 10.2. The summed E-state index contributed by atoms with van der Waals surface area (Å²) in [6, 6.07) is 12.8. The molecule has 6 nitrogen and oxygen atoms in total. The van der Waals surface area contributed by atoms with Gasteiger partial charge in [-0.1, -0.05) is 43.7 Å². The van der Waals surface area contributed by atoms with E-state index >= 15 is 0 Å². The van der Waals surface area contributed by atoms with E-state index in [1.54, 1.807) is 12.1 Å². The maximum atomic E-state index is 11.9. The minimum absolute atomic E-state index is 0.121. The molecule has 0 heterocycles. The van der Waals surface area contributed by atoms with Gasteiger partial charge >= 0.3 is 11.9 Å². The normalized spacial score (nSPS) is 11.2. The fraction of sp³-hybridized carbons (Fsp3) is 0.300. The molecule has 0 aliphatic rings. The zero-order valence-electron chi connectivity index (χ0n) is 14.6. The van der Waals surface area contributed by atoms with Gasteiger partial charge in [-0.3, -0.25) is 0 Å². The molecule has 0 amide bonds. The van der Waals surface area contributed by atoms with Gasteiger partial charge < -0.3 is 9.47 Å². The lowest BCUT2D eigenvalue weighted by Gasteiger charge is -2.04. The minimum atomic E-state index is -0.809. The highest BCUT2D eigenvalue weighted by Gasteiger charge is 2.12. The monoisotopic (exact) mass is 352 g/mol.